The Balaban J connectivity index is 1.49. The molecule has 0 aliphatic carbocycles. The number of ether oxygens (including phenoxy) is 2. The quantitative estimate of drug-likeness (QED) is 0.201. The van der Waals surface area contributed by atoms with E-state index in [4.69, 9.17) is 13.9 Å². The van der Waals surface area contributed by atoms with E-state index in [9.17, 15) is 33.2 Å². The minimum Gasteiger partial charge on any atom is -0.492 e. The fraction of sp³-hybridized carbons (Fsp3) is 0.160. The number of benzene rings is 2. The third-order valence-corrected chi connectivity index (χ3v) is 5.39. The number of aromatic nitrogens is 2. The zero-order valence-corrected chi connectivity index (χ0v) is 20.1. The third-order valence-electron chi connectivity index (χ3n) is 5.39. The van der Waals surface area contributed by atoms with Gasteiger partial charge in [0.2, 0.25) is 5.88 Å². The Hall–Kier alpha value is -5.14. The predicted molar refractivity (Wildman–Crippen MR) is 131 cm³/mol. The molecule has 4 rings (SSSR count). The Labute approximate surface area is 218 Å². The van der Waals surface area contributed by atoms with Gasteiger partial charge in [-0.05, 0) is 42.5 Å². The number of alkyl halides is 3. The lowest BCUT2D eigenvalue weighted by molar-refractivity contribution is -0.384. The first-order valence-corrected chi connectivity index (χ1v) is 11.1. The molecular formula is C25H19F3N4O7. The van der Waals surface area contributed by atoms with Crippen molar-refractivity contribution in [3.63, 3.8) is 0 Å². The zero-order chi connectivity index (χ0) is 28.2. The highest BCUT2D eigenvalue weighted by Gasteiger charge is 2.39. The van der Waals surface area contributed by atoms with E-state index >= 15 is 0 Å². The smallest absolute Gasteiger partial charge is 0.468 e. The molecule has 0 aliphatic heterocycles. The molecule has 0 radical (unpaired) electrons. The minimum atomic E-state index is -4.81. The highest BCUT2D eigenvalue weighted by atomic mass is 19.4. The highest BCUT2D eigenvalue weighted by Crippen LogP contribution is 2.38. The van der Waals surface area contributed by atoms with Crippen molar-refractivity contribution in [1.82, 2.24) is 9.97 Å². The number of pyridine rings is 1. The number of non-ortho nitro benzene ring substituents is 1. The SMILES string of the molecule is COc1ccc(-c2nc(C(F)(F)F)oc2-c2ccc(OCCN(C(=O)O)c3ccc([N+](=O)[O-])cc3)cc2)cn1. The number of nitro benzene ring substituents is 1. The van der Waals surface area contributed by atoms with Crippen molar-refractivity contribution in [1.29, 1.82) is 0 Å². The van der Waals surface area contributed by atoms with Gasteiger partial charge < -0.3 is 19.0 Å². The summed E-state index contributed by atoms with van der Waals surface area (Å²) in [5.41, 5.74) is 0.547. The number of methoxy groups -OCH3 is 1. The monoisotopic (exact) mass is 544 g/mol. The molecular weight excluding hydrogens is 525 g/mol. The molecule has 11 nitrogen and oxygen atoms in total. The van der Waals surface area contributed by atoms with Gasteiger partial charge in [-0.3, -0.25) is 15.0 Å². The van der Waals surface area contributed by atoms with Crippen LogP contribution >= 0.6 is 0 Å². The molecule has 0 spiro atoms. The van der Waals surface area contributed by atoms with Crippen LogP contribution in [0.3, 0.4) is 0 Å². The number of oxazole rings is 1. The summed E-state index contributed by atoms with van der Waals surface area (Å²) in [5.74, 6) is -0.952. The summed E-state index contributed by atoms with van der Waals surface area (Å²) < 4.78 is 55.7. The summed E-state index contributed by atoms with van der Waals surface area (Å²) in [5, 5.41) is 20.3. The van der Waals surface area contributed by atoms with E-state index in [0.29, 0.717) is 5.75 Å². The number of carbonyl (C=O) groups is 1. The van der Waals surface area contributed by atoms with E-state index in [2.05, 4.69) is 9.97 Å². The Kier molecular flexibility index (Phi) is 7.65. The number of nitrogens with zero attached hydrogens (tertiary/aromatic N) is 4. The van der Waals surface area contributed by atoms with Crippen LogP contribution in [0.2, 0.25) is 0 Å². The lowest BCUT2D eigenvalue weighted by atomic mass is 10.1. The van der Waals surface area contributed by atoms with Gasteiger partial charge >= 0.3 is 18.2 Å². The third kappa shape index (κ3) is 6.23. The van der Waals surface area contributed by atoms with E-state index in [1.54, 1.807) is 0 Å². The van der Waals surface area contributed by atoms with Gasteiger partial charge in [-0.15, -0.1) is 0 Å². The zero-order valence-electron chi connectivity index (χ0n) is 20.1. The number of nitro groups is 1. The van der Waals surface area contributed by atoms with Gasteiger partial charge in [0.1, 0.15) is 18.1 Å². The summed E-state index contributed by atoms with van der Waals surface area (Å²) in [4.78, 5) is 30.5. The number of rotatable bonds is 9. The maximum Gasteiger partial charge on any atom is 0.468 e. The summed E-state index contributed by atoms with van der Waals surface area (Å²) in [7, 11) is 1.41. The van der Waals surface area contributed by atoms with Crippen LogP contribution in [-0.4, -0.2) is 46.4 Å². The van der Waals surface area contributed by atoms with Gasteiger partial charge in [-0.25, -0.2) is 14.8 Å². The molecule has 14 heteroatoms. The highest BCUT2D eigenvalue weighted by molar-refractivity contribution is 5.86. The van der Waals surface area contributed by atoms with Crippen LogP contribution in [0.5, 0.6) is 11.6 Å². The van der Waals surface area contributed by atoms with E-state index in [1.807, 2.05) is 0 Å². The minimum absolute atomic E-state index is 0.0636. The molecule has 202 valence electrons. The second kappa shape index (κ2) is 11.1. The maximum atomic E-state index is 13.3. The van der Waals surface area contributed by atoms with Crippen molar-refractivity contribution in [2.45, 2.75) is 6.18 Å². The van der Waals surface area contributed by atoms with Gasteiger partial charge in [-0.2, -0.15) is 13.2 Å². The van der Waals surface area contributed by atoms with Crippen LogP contribution in [0, 0.1) is 10.1 Å². The molecule has 2 aromatic carbocycles. The Morgan fingerprint density at radius 1 is 1.08 bits per heavy atom. The van der Waals surface area contributed by atoms with Crippen molar-refractivity contribution in [2.24, 2.45) is 0 Å². The van der Waals surface area contributed by atoms with Crippen LogP contribution in [0.4, 0.5) is 29.3 Å². The normalized spacial score (nSPS) is 11.2. The summed E-state index contributed by atoms with van der Waals surface area (Å²) >= 11 is 0. The molecule has 0 fully saturated rings. The number of anilines is 1. The molecule has 1 N–H and O–H groups in total. The lowest BCUT2D eigenvalue weighted by Crippen LogP contribution is -2.33. The van der Waals surface area contributed by atoms with Crippen LogP contribution in [0.15, 0.2) is 71.3 Å². The van der Waals surface area contributed by atoms with E-state index in [1.165, 1.54) is 74.0 Å². The molecule has 4 aromatic rings. The molecule has 2 aromatic heterocycles. The standard InChI is InChI=1S/C25H19F3N4O7/c1-37-20-11-4-16(14-29-20)21-22(39-23(30-21)25(26,27)28)15-2-9-19(10-3-15)38-13-12-31(24(33)34)17-5-7-18(8-6-17)32(35)36/h2-11,14H,12-13H2,1H3,(H,33,34). The molecule has 0 unspecified atom stereocenters. The van der Waals surface area contributed by atoms with Crippen molar-refractivity contribution < 1.29 is 41.9 Å². The Morgan fingerprint density at radius 2 is 1.74 bits per heavy atom. The number of hydrogen-bond acceptors (Lipinski definition) is 8. The average molecular weight is 544 g/mol. The lowest BCUT2D eigenvalue weighted by Gasteiger charge is -2.19. The summed E-state index contributed by atoms with van der Waals surface area (Å²) in [6.45, 7) is -0.174. The largest absolute Gasteiger partial charge is 0.492 e. The number of amides is 1. The van der Waals surface area contributed by atoms with Crippen molar-refractivity contribution in [2.75, 3.05) is 25.2 Å². The molecule has 1 amide bonds. The Bertz CT molecular complexity index is 1460. The molecule has 0 saturated heterocycles. The van der Waals surface area contributed by atoms with Crippen molar-refractivity contribution in [3.05, 3.63) is 82.9 Å². The molecule has 39 heavy (non-hydrogen) atoms. The first kappa shape index (κ1) is 26.9. The van der Waals surface area contributed by atoms with Crippen LogP contribution in [-0.2, 0) is 6.18 Å². The van der Waals surface area contributed by atoms with Gasteiger partial charge in [0.15, 0.2) is 5.76 Å². The van der Waals surface area contributed by atoms with E-state index in [-0.39, 0.29) is 53.0 Å². The number of carboxylic acid groups (broad SMARTS) is 1. The van der Waals surface area contributed by atoms with E-state index in [0.717, 1.165) is 4.90 Å². The molecule has 0 atom stereocenters. The fourth-order valence-corrected chi connectivity index (χ4v) is 3.52. The number of hydrogen-bond donors (Lipinski definition) is 1. The van der Waals surface area contributed by atoms with Gasteiger partial charge in [-0.1, -0.05) is 0 Å². The predicted octanol–water partition coefficient (Wildman–Crippen LogP) is 5.90. The van der Waals surface area contributed by atoms with Crippen molar-refractivity contribution in [3.8, 4) is 34.2 Å². The second-order valence-corrected chi connectivity index (χ2v) is 7.86. The van der Waals surface area contributed by atoms with Gasteiger partial charge in [0.05, 0.1) is 18.6 Å². The van der Waals surface area contributed by atoms with E-state index < -0.39 is 23.1 Å². The average Bonchev–Trinajstić information content (AvgIpc) is 3.38. The van der Waals surface area contributed by atoms with Crippen LogP contribution in [0.1, 0.15) is 5.89 Å². The maximum absolute atomic E-state index is 13.3. The van der Waals surface area contributed by atoms with Crippen LogP contribution < -0.4 is 14.4 Å². The van der Waals surface area contributed by atoms with Gasteiger partial charge in [0, 0.05) is 41.2 Å². The summed E-state index contributed by atoms with van der Waals surface area (Å²) in [6, 6.07) is 13.9. The summed E-state index contributed by atoms with van der Waals surface area (Å²) in [6.07, 6.45) is -4.78. The fourth-order valence-electron chi connectivity index (χ4n) is 3.52. The van der Waals surface area contributed by atoms with Crippen molar-refractivity contribution >= 4 is 17.5 Å². The first-order chi connectivity index (χ1) is 18.6. The molecule has 2 heterocycles. The van der Waals surface area contributed by atoms with Crippen LogP contribution in [0.25, 0.3) is 22.6 Å². The Morgan fingerprint density at radius 3 is 2.28 bits per heavy atom. The second-order valence-electron chi connectivity index (χ2n) is 7.86. The van der Waals surface area contributed by atoms with Gasteiger partial charge in [0.25, 0.3) is 5.69 Å². The molecule has 0 bridgehead atoms. The number of halogens is 3. The molecule has 0 aliphatic rings. The first-order valence-electron chi connectivity index (χ1n) is 11.1. The topological polar surface area (TPSA) is 141 Å². The molecule has 0 saturated carbocycles.